The van der Waals surface area contributed by atoms with E-state index in [0.717, 1.165) is 0 Å². The molecule has 0 fully saturated rings. The molecule has 0 saturated heterocycles. The predicted octanol–water partition coefficient (Wildman–Crippen LogP) is 3.67. The summed E-state index contributed by atoms with van der Waals surface area (Å²) in [7, 11) is -1.45. The van der Waals surface area contributed by atoms with E-state index in [-0.39, 0.29) is 6.61 Å². The van der Waals surface area contributed by atoms with Crippen LogP contribution < -0.4 is 0 Å². The highest BCUT2D eigenvalue weighted by molar-refractivity contribution is 7.85. The van der Waals surface area contributed by atoms with Gasteiger partial charge in [-0.1, -0.05) is 6.07 Å². The Morgan fingerprint density at radius 1 is 1.39 bits per heavy atom. The van der Waals surface area contributed by atoms with Crippen LogP contribution in [0.4, 0.5) is 4.39 Å². The third-order valence-corrected chi connectivity index (χ3v) is 4.32. The highest BCUT2D eigenvalue weighted by Gasteiger charge is 2.19. The lowest BCUT2D eigenvalue weighted by molar-refractivity contribution is -0.137. The molecule has 0 aliphatic heterocycles. The molecule has 23 heavy (non-hydrogen) atoms. The molecule has 6 heteroatoms. The fourth-order valence-corrected chi connectivity index (χ4v) is 2.27. The maximum absolute atomic E-state index is 13.6. The van der Waals surface area contributed by atoms with E-state index in [1.54, 1.807) is 19.9 Å². The molecule has 126 valence electrons. The molecule has 0 aromatic heterocycles. The molecule has 4 nitrogen and oxygen atoms in total. The zero-order chi connectivity index (χ0) is 17.6. The summed E-state index contributed by atoms with van der Waals surface area (Å²) in [5, 5.41) is 0. The molecular weight excluding hydrogens is 317 g/mol. The van der Waals surface area contributed by atoms with E-state index in [9.17, 15) is 13.4 Å². The van der Waals surface area contributed by atoms with Gasteiger partial charge in [0.15, 0.2) is 0 Å². The average molecular weight is 339 g/mol. The molecule has 0 unspecified atom stereocenters. The number of ether oxygens (including phenoxy) is 1. The van der Waals surface area contributed by atoms with E-state index < -0.39 is 27.5 Å². The maximum Gasteiger partial charge on any atom is 0.330 e. The van der Waals surface area contributed by atoms with Crippen LogP contribution in [0.25, 0.3) is 6.08 Å². The van der Waals surface area contributed by atoms with Gasteiger partial charge in [-0.2, -0.15) is 4.40 Å². The number of halogens is 1. The first-order valence-corrected chi connectivity index (χ1v) is 8.38. The lowest BCUT2D eigenvalue weighted by Gasteiger charge is -2.14. The summed E-state index contributed by atoms with van der Waals surface area (Å²) in [6, 6.07) is 4.14. The topological polar surface area (TPSA) is 55.7 Å². The van der Waals surface area contributed by atoms with E-state index in [2.05, 4.69) is 4.40 Å². The van der Waals surface area contributed by atoms with Gasteiger partial charge in [-0.15, -0.1) is 0 Å². The van der Waals surface area contributed by atoms with Crippen molar-refractivity contribution in [2.45, 2.75) is 39.4 Å². The van der Waals surface area contributed by atoms with Gasteiger partial charge < -0.3 is 4.74 Å². The molecule has 0 radical (unpaired) electrons. The first-order valence-electron chi connectivity index (χ1n) is 7.27. The third-order valence-electron chi connectivity index (χ3n) is 2.83. The predicted molar refractivity (Wildman–Crippen MR) is 92.2 cm³/mol. The minimum Gasteiger partial charge on any atom is -0.463 e. The van der Waals surface area contributed by atoms with Crippen LogP contribution >= 0.6 is 0 Å². The average Bonchev–Trinajstić information content (AvgIpc) is 2.45. The fourth-order valence-electron chi connectivity index (χ4n) is 1.65. The van der Waals surface area contributed by atoms with Gasteiger partial charge in [-0.25, -0.2) is 13.4 Å². The second kappa shape index (κ2) is 8.15. The largest absolute Gasteiger partial charge is 0.463 e. The smallest absolute Gasteiger partial charge is 0.330 e. The third kappa shape index (κ3) is 6.06. The summed E-state index contributed by atoms with van der Waals surface area (Å²) in [5.74, 6) is -0.903. The second-order valence-corrected chi connectivity index (χ2v) is 7.76. The van der Waals surface area contributed by atoms with Crippen LogP contribution in [-0.4, -0.2) is 27.2 Å². The van der Waals surface area contributed by atoms with Crippen LogP contribution in [0.2, 0.25) is 0 Å². The molecule has 1 rings (SSSR count). The van der Waals surface area contributed by atoms with Gasteiger partial charge in [0.2, 0.25) is 0 Å². The Morgan fingerprint density at radius 3 is 2.61 bits per heavy atom. The second-order valence-electron chi connectivity index (χ2n) is 5.86. The van der Waals surface area contributed by atoms with E-state index in [4.69, 9.17) is 4.74 Å². The molecule has 0 aliphatic rings. The van der Waals surface area contributed by atoms with Gasteiger partial charge in [0.25, 0.3) is 0 Å². The summed E-state index contributed by atoms with van der Waals surface area (Å²) in [4.78, 5) is 11.4. The first-order chi connectivity index (χ1) is 10.6. The number of rotatable bonds is 5. The fraction of sp³-hybridized carbons (Fsp3) is 0.412. The van der Waals surface area contributed by atoms with Gasteiger partial charge in [0, 0.05) is 11.6 Å². The summed E-state index contributed by atoms with van der Waals surface area (Å²) >= 11 is 0. The Balaban J connectivity index is 3.20. The van der Waals surface area contributed by atoms with Crippen LogP contribution in [0.1, 0.15) is 45.7 Å². The Hall–Kier alpha value is -1.82. The van der Waals surface area contributed by atoms with Crippen molar-refractivity contribution in [3.8, 4) is 0 Å². The Morgan fingerprint density at radius 2 is 2.04 bits per heavy atom. The molecule has 0 amide bonds. The molecule has 0 N–H and O–H groups in total. The molecule has 0 spiro atoms. The molecule has 0 saturated carbocycles. The van der Waals surface area contributed by atoms with Crippen molar-refractivity contribution in [1.29, 1.82) is 0 Å². The van der Waals surface area contributed by atoms with Gasteiger partial charge in [0.1, 0.15) is 16.8 Å². The summed E-state index contributed by atoms with van der Waals surface area (Å²) in [5.41, 5.74) is 1.54. The van der Waals surface area contributed by atoms with Crippen molar-refractivity contribution in [3.63, 3.8) is 0 Å². The van der Waals surface area contributed by atoms with E-state index >= 15 is 0 Å². The normalized spacial score (nSPS) is 14.1. The lowest BCUT2D eigenvalue weighted by atomic mass is 10.0. The highest BCUT2D eigenvalue weighted by Crippen LogP contribution is 2.18. The lowest BCUT2D eigenvalue weighted by Crippen LogP contribution is -2.20. The number of hydrogen-bond acceptors (Lipinski definition) is 3. The molecule has 1 aromatic rings. The van der Waals surface area contributed by atoms with Gasteiger partial charge in [-0.3, -0.25) is 0 Å². The summed E-state index contributed by atoms with van der Waals surface area (Å²) < 4.78 is 34.2. The minimum absolute atomic E-state index is 0.282. The monoisotopic (exact) mass is 339 g/mol. The van der Waals surface area contributed by atoms with Crippen LogP contribution in [0, 0.1) is 5.82 Å². The Kier molecular flexibility index (Phi) is 6.81. The number of benzene rings is 1. The van der Waals surface area contributed by atoms with Gasteiger partial charge in [0.05, 0.1) is 17.1 Å². The van der Waals surface area contributed by atoms with E-state index in [1.807, 2.05) is 20.8 Å². The highest BCUT2D eigenvalue weighted by atomic mass is 32.2. The van der Waals surface area contributed by atoms with Crippen LogP contribution in [0.5, 0.6) is 0 Å². The number of carbonyl (C=O) groups is 1. The number of hydrogen-bond donors (Lipinski definition) is 0. The van der Waals surface area contributed by atoms with Crippen molar-refractivity contribution < 1.29 is 18.1 Å². The van der Waals surface area contributed by atoms with Crippen molar-refractivity contribution in [2.75, 3.05) is 6.61 Å². The standard InChI is InChI=1S/C17H22FNO3S/c1-6-22-16(20)10-8-13-7-9-14(18)11-15(13)12(2)19-23(21)17(3,4)5/h7-11H,6H2,1-5H3/b10-8+,19-12+/t23-/m1/s1. The SMILES string of the molecule is CCOC(=O)/C=C/c1ccc(F)cc1/C(C)=N/[S@](=O)C(C)(C)C. The number of esters is 1. The first kappa shape index (κ1) is 19.2. The summed E-state index contributed by atoms with van der Waals surface area (Å²) in [6.45, 7) is 9.10. The molecule has 1 atom stereocenters. The zero-order valence-electron chi connectivity index (χ0n) is 14.1. The van der Waals surface area contributed by atoms with Gasteiger partial charge >= 0.3 is 5.97 Å². The Labute approximate surface area is 139 Å². The van der Waals surface area contributed by atoms with E-state index in [0.29, 0.717) is 16.8 Å². The van der Waals surface area contributed by atoms with Crippen LogP contribution in [0.15, 0.2) is 28.7 Å². The zero-order valence-corrected chi connectivity index (χ0v) is 14.9. The van der Waals surface area contributed by atoms with Crippen molar-refractivity contribution >= 4 is 28.7 Å². The van der Waals surface area contributed by atoms with Crippen molar-refractivity contribution in [2.24, 2.45) is 4.40 Å². The van der Waals surface area contributed by atoms with Gasteiger partial charge in [-0.05, 0) is 58.4 Å². The van der Waals surface area contributed by atoms with Crippen molar-refractivity contribution in [3.05, 3.63) is 41.2 Å². The number of nitrogens with zero attached hydrogens (tertiary/aromatic N) is 1. The van der Waals surface area contributed by atoms with Crippen molar-refractivity contribution in [1.82, 2.24) is 0 Å². The van der Waals surface area contributed by atoms with Crippen LogP contribution in [-0.2, 0) is 20.5 Å². The van der Waals surface area contributed by atoms with E-state index in [1.165, 1.54) is 24.3 Å². The Bertz CT molecular complexity index is 660. The quantitative estimate of drug-likeness (QED) is 0.467. The summed E-state index contributed by atoms with van der Waals surface area (Å²) in [6.07, 6.45) is 2.81. The molecule has 0 bridgehead atoms. The number of carbonyl (C=O) groups excluding carboxylic acids is 1. The molecule has 0 heterocycles. The molecule has 1 aromatic carbocycles. The molecule has 0 aliphatic carbocycles. The molecular formula is C17H22FNO3S. The minimum atomic E-state index is -1.45. The maximum atomic E-state index is 13.6. The van der Waals surface area contributed by atoms with Crippen LogP contribution in [0.3, 0.4) is 0 Å².